The van der Waals surface area contributed by atoms with Gasteiger partial charge < -0.3 is 4.57 Å². The molecule has 3 aromatic carbocycles. The molecule has 0 fully saturated rings. The Labute approximate surface area is 181 Å². The molecule has 2 heterocycles. The summed E-state index contributed by atoms with van der Waals surface area (Å²) in [5.41, 5.74) is 4.12. The van der Waals surface area contributed by atoms with Crippen molar-refractivity contribution in [2.24, 2.45) is 0 Å². The number of nitrogens with zero attached hydrogens (tertiary/aromatic N) is 2. The number of benzene rings is 3. The number of hydrogen-bond acceptors (Lipinski definition) is 2. The van der Waals surface area contributed by atoms with Crippen LogP contribution in [0.2, 0.25) is 0 Å². The summed E-state index contributed by atoms with van der Waals surface area (Å²) in [7, 11) is 0. The fraction of sp³-hybridized carbons (Fsp3) is 0.0741. The first-order valence-electron chi connectivity index (χ1n) is 10.1. The van der Waals surface area contributed by atoms with Gasteiger partial charge in [0.1, 0.15) is 11.4 Å². The fourth-order valence-electron chi connectivity index (χ4n) is 4.31. The molecule has 0 unspecified atom stereocenters. The van der Waals surface area contributed by atoms with Crippen molar-refractivity contribution in [3.8, 4) is 10.6 Å². The quantitative estimate of drug-likeness (QED) is 0.295. The van der Waals surface area contributed by atoms with Crippen molar-refractivity contribution >= 4 is 11.3 Å². The Hall–Kier alpha value is -3.43. The third-order valence-electron chi connectivity index (χ3n) is 5.59. The molecule has 0 spiro atoms. The molecular weight excluding hydrogens is 384 g/mol. The zero-order valence-corrected chi connectivity index (χ0v) is 17.6. The Balaban J connectivity index is 1.88. The monoisotopic (exact) mass is 406 g/mol. The van der Waals surface area contributed by atoms with E-state index < -0.39 is 5.54 Å². The third-order valence-corrected chi connectivity index (χ3v) is 6.48. The molecule has 2 nitrogen and oxygen atoms in total. The molecule has 5 rings (SSSR count). The molecule has 5 aromatic rings. The summed E-state index contributed by atoms with van der Waals surface area (Å²) in [6, 6.07) is 36.4. The lowest BCUT2D eigenvalue weighted by atomic mass is 9.76. The van der Waals surface area contributed by atoms with Gasteiger partial charge in [0.25, 0.3) is 0 Å². The number of rotatable bonds is 5. The molecule has 0 bridgehead atoms. The number of aromatic nitrogens is 2. The second-order valence-electron chi connectivity index (χ2n) is 7.33. The van der Waals surface area contributed by atoms with E-state index in [1.54, 1.807) is 11.3 Å². The van der Waals surface area contributed by atoms with Crippen LogP contribution in [0.15, 0.2) is 115 Å². The SMILES string of the molecule is Cc1nc(-c2cccs2)cn1C(c1ccccc1)(c1ccccc1)c1ccccc1. The highest BCUT2D eigenvalue weighted by molar-refractivity contribution is 7.13. The van der Waals surface area contributed by atoms with Crippen molar-refractivity contribution < 1.29 is 0 Å². The third kappa shape index (κ3) is 2.99. The van der Waals surface area contributed by atoms with Gasteiger partial charge in [0.2, 0.25) is 0 Å². The Morgan fingerprint density at radius 3 is 1.60 bits per heavy atom. The number of imidazole rings is 1. The number of aryl methyl sites for hydroxylation is 1. The Morgan fingerprint density at radius 2 is 1.17 bits per heavy atom. The van der Waals surface area contributed by atoms with Crippen molar-refractivity contribution in [3.05, 3.63) is 137 Å². The molecule has 0 aliphatic rings. The van der Waals surface area contributed by atoms with Crippen molar-refractivity contribution in [2.45, 2.75) is 12.5 Å². The van der Waals surface area contributed by atoms with E-state index in [2.05, 4.69) is 126 Å². The molecule has 0 radical (unpaired) electrons. The van der Waals surface area contributed by atoms with E-state index in [-0.39, 0.29) is 0 Å². The van der Waals surface area contributed by atoms with Crippen LogP contribution in [0.3, 0.4) is 0 Å². The summed E-state index contributed by atoms with van der Waals surface area (Å²) in [5.74, 6) is 0.981. The largest absolute Gasteiger partial charge is 0.316 e. The van der Waals surface area contributed by atoms with Crippen LogP contribution in [0, 0.1) is 6.92 Å². The van der Waals surface area contributed by atoms with Crippen molar-refractivity contribution in [3.63, 3.8) is 0 Å². The summed E-state index contributed by atoms with van der Waals surface area (Å²) in [6.45, 7) is 2.10. The Morgan fingerprint density at radius 1 is 0.667 bits per heavy atom. The molecule has 0 aliphatic heterocycles. The van der Waals surface area contributed by atoms with E-state index in [9.17, 15) is 0 Å². The van der Waals surface area contributed by atoms with Crippen LogP contribution in [-0.4, -0.2) is 9.55 Å². The topological polar surface area (TPSA) is 17.8 Å². The molecule has 0 atom stereocenters. The normalized spacial score (nSPS) is 11.5. The van der Waals surface area contributed by atoms with E-state index >= 15 is 0 Å². The van der Waals surface area contributed by atoms with Gasteiger partial charge in [-0.15, -0.1) is 11.3 Å². The predicted molar refractivity (Wildman–Crippen MR) is 125 cm³/mol. The maximum Gasteiger partial charge on any atom is 0.121 e. The predicted octanol–water partition coefficient (Wildman–Crippen LogP) is 6.76. The van der Waals surface area contributed by atoms with Gasteiger partial charge in [-0.2, -0.15) is 0 Å². The van der Waals surface area contributed by atoms with E-state index in [1.165, 1.54) is 21.6 Å². The van der Waals surface area contributed by atoms with E-state index in [1.807, 2.05) is 0 Å². The zero-order chi connectivity index (χ0) is 20.4. The van der Waals surface area contributed by atoms with Crippen molar-refractivity contribution in [2.75, 3.05) is 0 Å². The summed E-state index contributed by atoms with van der Waals surface area (Å²) in [5, 5.41) is 2.10. The molecule has 3 heteroatoms. The van der Waals surface area contributed by atoms with Crippen molar-refractivity contribution in [1.29, 1.82) is 0 Å². The van der Waals surface area contributed by atoms with Gasteiger partial charge in [-0.25, -0.2) is 4.98 Å². The molecule has 0 amide bonds. The van der Waals surface area contributed by atoms with Crippen molar-refractivity contribution in [1.82, 2.24) is 9.55 Å². The van der Waals surface area contributed by atoms with Crippen LogP contribution in [-0.2, 0) is 5.54 Å². The minimum Gasteiger partial charge on any atom is -0.316 e. The maximum absolute atomic E-state index is 4.97. The Bertz CT molecular complexity index is 1130. The first kappa shape index (κ1) is 18.6. The number of hydrogen-bond donors (Lipinski definition) is 0. The lowest BCUT2D eigenvalue weighted by molar-refractivity contribution is 0.502. The lowest BCUT2D eigenvalue weighted by Gasteiger charge is -2.38. The van der Waals surface area contributed by atoms with Gasteiger partial charge in [0.05, 0.1) is 10.6 Å². The van der Waals surface area contributed by atoms with Crippen LogP contribution in [0.1, 0.15) is 22.5 Å². The summed E-state index contributed by atoms with van der Waals surface area (Å²) in [4.78, 5) is 6.15. The fourth-order valence-corrected chi connectivity index (χ4v) is 4.99. The van der Waals surface area contributed by atoms with Crippen LogP contribution >= 0.6 is 11.3 Å². The van der Waals surface area contributed by atoms with Crippen LogP contribution in [0.25, 0.3) is 10.6 Å². The van der Waals surface area contributed by atoms with Crippen LogP contribution in [0.5, 0.6) is 0 Å². The Kier molecular flexibility index (Phi) is 4.82. The second-order valence-corrected chi connectivity index (χ2v) is 8.28. The van der Waals surface area contributed by atoms with Crippen LogP contribution in [0.4, 0.5) is 0 Å². The molecule has 146 valence electrons. The average Bonchev–Trinajstić information content (AvgIpc) is 3.47. The molecule has 30 heavy (non-hydrogen) atoms. The molecule has 0 aliphatic carbocycles. The minimum absolute atomic E-state index is 0.517. The first-order valence-corrected chi connectivity index (χ1v) is 10.9. The van der Waals surface area contributed by atoms with Gasteiger partial charge >= 0.3 is 0 Å². The standard InChI is InChI=1S/C27H22N2S/c1-21-28-25(26-18-11-19-30-26)20-29(21)27(22-12-5-2-6-13-22,23-14-7-3-8-15-23)24-16-9-4-10-17-24/h2-20H,1H3. The van der Waals surface area contributed by atoms with Crippen LogP contribution < -0.4 is 0 Å². The van der Waals surface area contributed by atoms with E-state index in [0.717, 1.165) is 11.5 Å². The lowest BCUT2D eigenvalue weighted by Crippen LogP contribution is -2.38. The van der Waals surface area contributed by atoms with Gasteiger partial charge in [-0.1, -0.05) is 97.1 Å². The van der Waals surface area contributed by atoms with E-state index in [4.69, 9.17) is 4.98 Å². The van der Waals surface area contributed by atoms with Gasteiger partial charge in [0.15, 0.2) is 0 Å². The molecule has 0 saturated carbocycles. The summed E-state index contributed by atoms with van der Waals surface area (Å²) in [6.07, 6.45) is 2.20. The van der Waals surface area contributed by atoms with Gasteiger partial charge in [-0.05, 0) is 35.1 Å². The average molecular weight is 407 g/mol. The molecular formula is C27H22N2S. The maximum atomic E-state index is 4.97. The van der Waals surface area contributed by atoms with Gasteiger partial charge in [-0.3, -0.25) is 0 Å². The highest BCUT2D eigenvalue weighted by Crippen LogP contribution is 2.42. The zero-order valence-electron chi connectivity index (χ0n) is 16.8. The van der Waals surface area contributed by atoms with Gasteiger partial charge in [0, 0.05) is 6.20 Å². The first-order chi connectivity index (χ1) is 14.8. The number of thiophene rings is 1. The van der Waals surface area contributed by atoms with E-state index in [0.29, 0.717) is 0 Å². The highest BCUT2D eigenvalue weighted by Gasteiger charge is 2.39. The second kappa shape index (κ2) is 7.77. The smallest absolute Gasteiger partial charge is 0.121 e. The molecule has 0 N–H and O–H groups in total. The summed E-state index contributed by atoms with van der Waals surface area (Å²) < 4.78 is 2.34. The molecule has 0 saturated heterocycles. The summed E-state index contributed by atoms with van der Waals surface area (Å²) >= 11 is 1.72. The minimum atomic E-state index is -0.517. The molecule has 2 aromatic heterocycles. The highest BCUT2D eigenvalue weighted by atomic mass is 32.1.